The summed E-state index contributed by atoms with van der Waals surface area (Å²) in [5, 5.41) is 18.3. The molecule has 3 N–H and O–H groups in total. The molecular formula is C32H33F3N2O3. The van der Waals surface area contributed by atoms with Crippen LogP contribution < -0.4 is 10.6 Å². The Balaban J connectivity index is 1.22. The summed E-state index contributed by atoms with van der Waals surface area (Å²) in [7, 11) is 0. The highest BCUT2D eigenvalue weighted by Gasteiger charge is 2.56. The van der Waals surface area contributed by atoms with E-state index in [1.807, 2.05) is 36.4 Å². The van der Waals surface area contributed by atoms with Crippen molar-refractivity contribution in [3.63, 3.8) is 0 Å². The molecule has 4 bridgehead atoms. The summed E-state index contributed by atoms with van der Waals surface area (Å²) >= 11 is 0. The Morgan fingerprint density at radius 1 is 0.900 bits per heavy atom. The van der Waals surface area contributed by atoms with Gasteiger partial charge in [-0.25, -0.2) is 4.79 Å². The van der Waals surface area contributed by atoms with Crippen molar-refractivity contribution in [1.82, 2.24) is 5.32 Å². The fourth-order valence-electron chi connectivity index (χ4n) is 8.07. The summed E-state index contributed by atoms with van der Waals surface area (Å²) in [4.78, 5) is 25.9. The zero-order valence-electron chi connectivity index (χ0n) is 22.1. The van der Waals surface area contributed by atoms with Crippen LogP contribution in [-0.4, -0.2) is 23.0 Å². The molecule has 0 saturated heterocycles. The molecule has 8 heteroatoms. The van der Waals surface area contributed by atoms with Gasteiger partial charge in [-0.1, -0.05) is 48.5 Å². The maximum atomic E-state index is 13.4. The van der Waals surface area contributed by atoms with Crippen molar-refractivity contribution in [2.24, 2.45) is 23.2 Å². The number of carboxylic acids is 1. The number of carbonyl (C=O) groups excluding carboxylic acids is 1. The highest BCUT2D eigenvalue weighted by molar-refractivity contribution is 5.97. The summed E-state index contributed by atoms with van der Waals surface area (Å²) < 4.78 is 38.9. The molecule has 5 nitrogen and oxygen atoms in total. The summed E-state index contributed by atoms with van der Waals surface area (Å²) in [6.45, 7) is 0.270. The highest BCUT2D eigenvalue weighted by atomic mass is 19.4. The van der Waals surface area contributed by atoms with Crippen LogP contribution in [0.25, 0.3) is 10.8 Å². The zero-order chi connectivity index (χ0) is 28.1. The van der Waals surface area contributed by atoms with E-state index in [2.05, 4.69) is 10.6 Å². The first-order valence-electron chi connectivity index (χ1n) is 14.0. The standard InChI is InChI=1S/C32H33F3N2O3/c33-32(34,35)25-9-5-19(6-10-25)18-36-28-24(8-7-23-3-1-2-4-26(23)28)14-27(38)37-29(30(39)40)31-15-20-11-21(16-31)13-22(12-20)17-31/h1-10,20-22,29,36H,11-18H2,(H,37,38)(H,39,40). The Morgan fingerprint density at radius 2 is 1.52 bits per heavy atom. The lowest BCUT2D eigenvalue weighted by molar-refractivity contribution is -0.154. The van der Waals surface area contributed by atoms with Gasteiger partial charge in [-0.15, -0.1) is 0 Å². The average Bonchev–Trinajstić information content (AvgIpc) is 2.90. The fourth-order valence-corrected chi connectivity index (χ4v) is 8.07. The molecule has 0 spiro atoms. The molecule has 1 atom stereocenters. The van der Waals surface area contributed by atoms with Crippen LogP contribution in [0.15, 0.2) is 60.7 Å². The normalized spacial score (nSPS) is 26.0. The molecule has 1 unspecified atom stereocenters. The third kappa shape index (κ3) is 5.16. The predicted molar refractivity (Wildman–Crippen MR) is 147 cm³/mol. The van der Waals surface area contributed by atoms with Crippen molar-refractivity contribution in [1.29, 1.82) is 0 Å². The van der Waals surface area contributed by atoms with Crippen molar-refractivity contribution in [2.75, 3.05) is 5.32 Å². The van der Waals surface area contributed by atoms with Crippen molar-refractivity contribution in [3.8, 4) is 0 Å². The van der Waals surface area contributed by atoms with Gasteiger partial charge in [-0.05, 0) is 84.9 Å². The second-order valence-electron chi connectivity index (χ2n) is 12.2. The Hall–Kier alpha value is -3.55. The molecule has 4 fully saturated rings. The first-order chi connectivity index (χ1) is 19.1. The molecular weight excluding hydrogens is 517 g/mol. The molecule has 40 heavy (non-hydrogen) atoms. The van der Waals surface area contributed by atoms with Crippen LogP contribution in [0.5, 0.6) is 0 Å². The van der Waals surface area contributed by atoms with E-state index in [0.29, 0.717) is 28.9 Å². The minimum absolute atomic E-state index is 0.00365. The van der Waals surface area contributed by atoms with Crippen molar-refractivity contribution >= 4 is 28.3 Å². The molecule has 4 saturated carbocycles. The molecule has 0 heterocycles. The van der Waals surface area contributed by atoms with Crippen LogP contribution in [-0.2, 0) is 28.7 Å². The van der Waals surface area contributed by atoms with Crippen molar-refractivity contribution in [2.45, 2.75) is 63.7 Å². The quantitative estimate of drug-likeness (QED) is 0.288. The van der Waals surface area contributed by atoms with E-state index < -0.39 is 23.8 Å². The van der Waals surface area contributed by atoms with Gasteiger partial charge in [-0.2, -0.15) is 13.2 Å². The first-order valence-corrected chi connectivity index (χ1v) is 14.0. The molecule has 7 rings (SSSR count). The predicted octanol–water partition coefficient (Wildman–Crippen LogP) is 6.80. The van der Waals surface area contributed by atoms with Gasteiger partial charge in [0.25, 0.3) is 0 Å². The molecule has 1 amide bonds. The van der Waals surface area contributed by atoms with E-state index in [4.69, 9.17) is 0 Å². The number of amides is 1. The van der Waals surface area contributed by atoms with E-state index in [-0.39, 0.29) is 24.3 Å². The third-order valence-electron chi connectivity index (χ3n) is 9.37. The lowest BCUT2D eigenvalue weighted by Crippen LogP contribution is -2.60. The minimum Gasteiger partial charge on any atom is -0.480 e. The maximum Gasteiger partial charge on any atom is 0.416 e. The zero-order valence-corrected chi connectivity index (χ0v) is 22.1. The lowest BCUT2D eigenvalue weighted by atomic mass is 9.47. The monoisotopic (exact) mass is 550 g/mol. The van der Waals surface area contributed by atoms with Crippen LogP contribution in [0, 0.1) is 23.2 Å². The number of alkyl halides is 3. The Labute approximate surface area is 231 Å². The van der Waals surface area contributed by atoms with E-state index >= 15 is 0 Å². The Bertz CT molecular complexity index is 1400. The molecule has 3 aromatic carbocycles. The van der Waals surface area contributed by atoms with Gasteiger partial charge < -0.3 is 15.7 Å². The van der Waals surface area contributed by atoms with E-state index in [0.717, 1.165) is 47.9 Å². The van der Waals surface area contributed by atoms with E-state index in [9.17, 15) is 27.9 Å². The van der Waals surface area contributed by atoms with Gasteiger partial charge in [0, 0.05) is 23.0 Å². The number of hydrogen-bond donors (Lipinski definition) is 3. The number of benzene rings is 3. The van der Waals surface area contributed by atoms with Crippen LogP contribution in [0.2, 0.25) is 0 Å². The van der Waals surface area contributed by atoms with Crippen LogP contribution in [0.4, 0.5) is 18.9 Å². The van der Waals surface area contributed by atoms with Gasteiger partial charge in [0.15, 0.2) is 0 Å². The smallest absolute Gasteiger partial charge is 0.416 e. The number of anilines is 1. The van der Waals surface area contributed by atoms with Gasteiger partial charge in [0.1, 0.15) is 6.04 Å². The Morgan fingerprint density at radius 3 is 2.12 bits per heavy atom. The van der Waals surface area contributed by atoms with Crippen LogP contribution >= 0.6 is 0 Å². The molecule has 4 aliphatic carbocycles. The Kier molecular flexibility index (Phi) is 6.75. The summed E-state index contributed by atoms with van der Waals surface area (Å²) in [6, 6.07) is 15.6. The first kappa shape index (κ1) is 26.7. The summed E-state index contributed by atoms with van der Waals surface area (Å²) in [6.07, 6.45) is 1.76. The number of aliphatic carboxylic acids is 1. The lowest BCUT2D eigenvalue weighted by Gasteiger charge is -2.58. The fraction of sp³-hybridized carbons (Fsp3) is 0.438. The summed E-state index contributed by atoms with van der Waals surface area (Å²) in [5.74, 6) is 0.384. The largest absolute Gasteiger partial charge is 0.480 e. The molecule has 0 radical (unpaired) electrons. The topological polar surface area (TPSA) is 78.4 Å². The number of rotatable bonds is 8. The van der Waals surface area contributed by atoms with Crippen LogP contribution in [0.1, 0.15) is 55.2 Å². The molecule has 210 valence electrons. The van der Waals surface area contributed by atoms with E-state index in [1.54, 1.807) is 0 Å². The summed E-state index contributed by atoms with van der Waals surface area (Å²) in [5.41, 5.74) is 1.02. The molecule has 0 aliphatic heterocycles. The minimum atomic E-state index is -4.40. The highest BCUT2D eigenvalue weighted by Crippen LogP contribution is 2.61. The number of halogens is 3. The van der Waals surface area contributed by atoms with Crippen molar-refractivity contribution < 1.29 is 27.9 Å². The van der Waals surface area contributed by atoms with Gasteiger partial charge in [-0.3, -0.25) is 4.79 Å². The van der Waals surface area contributed by atoms with Crippen LogP contribution in [0.3, 0.4) is 0 Å². The second-order valence-corrected chi connectivity index (χ2v) is 12.2. The molecule has 4 aliphatic rings. The third-order valence-corrected chi connectivity index (χ3v) is 9.37. The molecule has 0 aromatic heterocycles. The number of nitrogens with one attached hydrogen (secondary N) is 2. The number of hydrogen-bond acceptors (Lipinski definition) is 3. The van der Waals surface area contributed by atoms with Gasteiger partial charge in [0.05, 0.1) is 12.0 Å². The maximum absolute atomic E-state index is 13.4. The van der Waals surface area contributed by atoms with Gasteiger partial charge in [0.2, 0.25) is 5.91 Å². The van der Waals surface area contributed by atoms with Gasteiger partial charge >= 0.3 is 12.1 Å². The number of carboxylic acid groups (broad SMARTS) is 1. The second kappa shape index (κ2) is 10.1. The van der Waals surface area contributed by atoms with Crippen molar-refractivity contribution in [3.05, 3.63) is 77.4 Å². The number of fused-ring (bicyclic) bond motifs is 1. The number of carbonyl (C=O) groups is 2. The SMILES string of the molecule is O=C(Cc1ccc2ccccc2c1NCc1ccc(C(F)(F)F)cc1)NC(C(=O)O)C12CC3CC(CC(C3)C1)C2. The van der Waals surface area contributed by atoms with E-state index in [1.165, 1.54) is 31.4 Å². The average molecular weight is 551 g/mol. The molecule has 3 aromatic rings.